The number of nitro groups is 1. The molecular formula is C13H14N2O6. The van der Waals surface area contributed by atoms with Crippen molar-refractivity contribution in [3.05, 3.63) is 34.4 Å². The molecule has 112 valence electrons. The lowest BCUT2D eigenvalue weighted by Crippen LogP contribution is -2.44. The fourth-order valence-electron chi connectivity index (χ4n) is 1.90. The normalized spacial score (nSPS) is 15.0. The summed E-state index contributed by atoms with van der Waals surface area (Å²) in [5.74, 6) is -1.78. The van der Waals surface area contributed by atoms with E-state index in [0.29, 0.717) is 0 Å². The van der Waals surface area contributed by atoms with Crippen molar-refractivity contribution in [2.24, 2.45) is 5.92 Å². The minimum Gasteiger partial charge on any atom is -0.480 e. The van der Waals surface area contributed by atoms with Gasteiger partial charge < -0.3 is 15.2 Å². The van der Waals surface area contributed by atoms with Crippen LogP contribution in [0.3, 0.4) is 0 Å². The van der Waals surface area contributed by atoms with Gasteiger partial charge in [-0.25, -0.2) is 4.79 Å². The molecule has 8 nitrogen and oxygen atoms in total. The Kier molecular flexibility index (Phi) is 4.36. The minimum absolute atomic E-state index is 0.0315. The maximum Gasteiger partial charge on any atom is 0.326 e. The van der Waals surface area contributed by atoms with E-state index in [0.717, 1.165) is 12.8 Å². The zero-order valence-electron chi connectivity index (χ0n) is 11.0. The molecule has 2 N–H and O–H groups in total. The summed E-state index contributed by atoms with van der Waals surface area (Å²) in [5.41, 5.74) is -0.248. The molecule has 1 aliphatic rings. The van der Waals surface area contributed by atoms with Gasteiger partial charge in [0.05, 0.1) is 4.92 Å². The van der Waals surface area contributed by atoms with E-state index in [9.17, 15) is 19.7 Å². The molecule has 1 unspecified atom stereocenters. The number of nitro benzene ring substituents is 1. The van der Waals surface area contributed by atoms with Gasteiger partial charge in [-0.15, -0.1) is 0 Å². The number of hydrogen-bond donors (Lipinski definition) is 2. The van der Waals surface area contributed by atoms with Gasteiger partial charge in [0.2, 0.25) is 0 Å². The second kappa shape index (κ2) is 6.21. The van der Waals surface area contributed by atoms with Gasteiger partial charge in [-0.2, -0.15) is 0 Å². The number of carbonyl (C=O) groups excluding carboxylic acids is 1. The first kappa shape index (κ1) is 14.8. The van der Waals surface area contributed by atoms with E-state index in [1.807, 2.05) is 0 Å². The lowest BCUT2D eigenvalue weighted by atomic mass is 10.2. The van der Waals surface area contributed by atoms with E-state index in [1.54, 1.807) is 6.07 Å². The number of rotatable bonds is 7. The smallest absolute Gasteiger partial charge is 0.326 e. The van der Waals surface area contributed by atoms with E-state index in [1.165, 1.54) is 18.2 Å². The van der Waals surface area contributed by atoms with Crippen LogP contribution in [-0.2, 0) is 9.59 Å². The molecule has 1 saturated carbocycles. The predicted octanol–water partition coefficient (Wildman–Crippen LogP) is 0.953. The molecule has 1 aliphatic carbocycles. The molecule has 0 spiro atoms. The van der Waals surface area contributed by atoms with Crippen molar-refractivity contribution in [2.45, 2.75) is 18.9 Å². The number of carboxylic acid groups (broad SMARTS) is 1. The third-order valence-corrected chi connectivity index (χ3v) is 3.10. The number of benzene rings is 1. The highest BCUT2D eigenvalue weighted by Crippen LogP contribution is 2.32. The summed E-state index contributed by atoms with van der Waals surface area (Å²) >= 11 is 0. The zero-order valence-corrected chi connectivity index (χ0v) is 11.0. The second-order valence-electron chi connectivity index (χ2n) is 4.73. The molecule has 21 heavy (non-hydrogen) atoms. The number of para-hydroxylation sites is 2. The molecule has 1 atom stereocenters. The fourth-order valence-corrected chi connectivity index (χ4v) is 1.90. The zero-order chi connectivity index (χ0) is 15.4. The molecule has 0 aromatic heterocycles. The highest BCUT2D eigenvalue weighted by molar-refractivity contribution is 5.84. The first-order valence-electron chi connectivity index (χ1n) is 6.37. The molecule has 0 radical (unpaired) electrons. The number of carboxylic acids is 1. The maximum atomic E-state index is 11.7. The number of nitrogens with zero attached hydrogens (tertiary/aromatic N) is 1. The third kappa shape index (κ3) is 3.91. The lowest BCUT2D eigenvalue weighted by Gasteiger charge is -2.13. The summed E-state index contributed by atoms with van der Waals surface area (Å²) < 4.78 is 5.09. The molecular weight excluding hydrogens is 280 g/mol. The van der Waals surface area contributed by atoms with Gasteiger partial charge in [-0.1, -0.05) is 12.1 Å². The topological polar surface area (TPSA) is 119 Å². The van der Waals surface area contributed by atoms with Crippen molar-refractivity contribution < 1.29 is 24.4 Å². The van der Waals surface area contributed by atoms with E-state index >= 15 is 0 Å². The molecule has 1 fully saturated rings. The summed E-state index contributed by atoms with van der Waals surface area (Å²) in [6, 6.07) is 4.74. The maximum absolute atomic E-state index is 11.7. The van der Waals surface area contributed by atoms with Gasteiger partial charge in [0.1, 0.15) is 6.04 Å². The standard InChI is InChI=1S/C13H14N2O6/c16-11(14-12(13(17)18)8-5-6-8)7-21-10-4-2-1-3-9(10)15(19)20/h1-4,8,12H,5-7H2,(H,14,16)(H,17,18). The molecule has 8 heteroatoms. The number of nitrogens with one attached hydrogen (secondary N) is 1. The van der Waals surface area contributed by atoms with Crippen molar-refractivity contribution in [1.29, 1.82) is 0 Å². The summed E-state index contributed by atoms with van der Waals surface area (Å²) in [4.78, 5) is 32.8. The molecule has 2 rings (SSSR count). The van der Waals surface area contributed by atoms with Gasteiger partial charge in [-0.05, 0) is 24.8 Å². The Morgan fingerprint density at radius 2 is 2.10 bits per heavy atom. The number of hydrogen-bond acceptors (Lipinski definition) is 5. The molecule has 0 bridgehead atoms. The first-order chi connectivity index (χ1) is 9.99. The Morgan fingerprint density at radius 1 is 1.43 bits per heavy atom. The monoisotopic (exact) mass is 294 g/mol. The quantitative estimate of drug-likeness (QED) is 0.571. The third-order valence-electron chi connectivity index (χ3n) is 3.10. The molecule has 1 aromatic carbocycles. The number of amides is 1. The second-order valence-corrected chi connectivity index (χ2v) is 4.73. The van der Waals surface area contributed by atoms with E-state index in [4.69, 9.17) is 9.84 Å². The van der Waals surface area contributed by atoms with Crippen LogP contribution >= 0.6 is 0 Å². The van der Waals surface area contributed by atoms with Gasteiger partial charge >= 0.3 is 11.7 Å². The number of carbonyl (C=O) groups is 2. The van der Waals surface area contributed by atoms with Gasteiger partial charge in [-0.3, -0.25) is 14.9 Å². The van der Waals surface area contributed by atoms with Crippen LogP contribution < -0.4 is 10.1 Å². The van der Waals surface area contributed by atoms with E-state index < -0.39 is 29.4 Å². The average molecular weight is 294 g/mol. The van der Waals surface area contributed by atoms with Gasteiger partial charge in [0, 0.05) is 6.07 Å². The van der Waals surface area contributed by atoms with Crippen molar-refractivity contribution in [3.63, 3.8) is 0 Å². The molecule has 0 heterocycles. The molecule has 1 amide bonds. The van der Waals surface area contributed by atoms with Crippen LogP contribution in [0.4, 0.5) is 5.69 Å². The Bertz CT molecular complexity index is 570. The largest absolute Gasteiger partial charge is 0.480 e. The van der Waals surface area contributed by atoms with Crippen LogP contribution in [-0.4, -0.2) is 34.6 Å². The van der Waals surface area contributed by atoms with E-state index in [2.05, 4.69) is 5.32 Å². The summed E-state index contributed by atoms with van der Waals surface area (Å²) in [7, 11) is 0. The molecule has 0 aliphatic heterocycles. The first-order valence-corrected chi connectivity index (χ1v) is 6.37. The molecule has 1 aromatic rings. The van der Waals surface area contributed by atoms with Crippen LogP contribution in [0, 0.1) is 16.0 Å². The fraction of sp³-hybridized carbons (Fsp3) is 0.385. The summed E-state index contributed by atoms with van der Waals surface area (Å²) in [6.07, 6.45) is 1.53. The predicted molar refractivity (Wildman–Crippen MR) is 70.9 cm³/mol. The Hall–Kier alpha value is -2.64. The average Bonchev–Trinajstić information content (AvgIpc) is 3.26. The highest BCUT2D eigenvalue weighted by Gasteiger charge is 2.37. The number of ether oxygens (including phenoxy) is 1. The minimum atomic E-state index is -1.09. The van der Waals surface area contributed by atoms with Crippen molar-refractivity contribution >= 4 is 17.6 Å². The van der Waals surface area contributed by atoms with Gasteiger partial charge in [0.25, 0.3) is 5.91 Å². The summed E-state index contributed by atoms with van der Waals surface area (Å²) in [5, 5.41) is 22.1. The lowest BCUT2D eigenvalue weighted by molar-refractivity contribution is -0.385. The van der Waals surface area contributed by atoms with Crippen molar-refractivity contribution in [3.8, 4) is 5.75 Å². The number of aliphatic carboxylic acids is 1. The Morgan fingerprint density at radius 3 is 2.67 bits per heavy atom. The van der Waals surface area contributed by atoms with Crippen molar-refractivity contribution in [2.75, 3.05) is 6.61 Å². The van der Waals surface area contributed by atoms with Crippen LogP contribution in [0.5, 0.6) is 5.75 Å². The summed E-state index contributed by atoms with van der Waals surface area (Å²) in [6.45, 7) is -0.471. The van der Waals surface area contributed by atoms with Crippen LogP contribution in [0.25, 0.3) is 0 Å². The Balaban J connectivity index is 1.92. The Labute approximate surface area is 119 Å². The van der Waals surface area contributed by atoms with Gasteiger partial charge in [0.15, 0.2) is 12.4 Å². The SMILES string of the molecule is O=C(COc1ccccc1[N+](=O)[O-])NC(C(=O)O)C1CC1. The van der Waals surface area contributed by atoms with Crippen LogP contribution in [0.15, 0.2) is 24.3 Å². The highest BCUT2D eigenvalue weighted by atomic mass is 16.6. The van der Waals surface area contributed by atoms with E-state index in [-0.39, 0.29) is 17.4 Å². The van der Waals surface area contributed by atoms with Crippen LogP contribution in [0.2, 0.25) is 0 Å². The van der Waals surface area contributed by atoms with Crippen molar-refractivity contribution in [1.82, 2.24) is 5.32 Å². The molecule has 0 saturated heterocycles. The van der Waals surface area contributed by atoms with Crippen LogP contribution in [0.1, 0.15) is 12.8 Å².